The van der Waals surface area contributed by atoms with Crippen LogP contribution in [0.25, 0.3) is 0 Å². The Morgan fingerprint density at radius 2 is 1.52 bits per heavy atom. The molecule has 0 spiro atoms. The molecule has 0 saturated carbocycles. The lowest BCUT2D eigenvalue weighted by atomic mass is 10.1. The van der Waals surface area contributed by atoms with Crippen LogP contribution in [0.5, 0.6) is 0 Å². The summed E-state index contributed by atoms with van der Waals surface area (Å²) in [5.74, 6) is 12.4. The van der Waals surface area contributed by atoms with Crippen LogP contribution in [0, 0.1) is 23.7 Å². The molecule has 2 saturated heterocycles. The number of hydrogen-bond donors (Lipinski definition) is 3. The number of likely N-dealkylation sites (tertiary alicyclic amines) is 2. The molecule has 3 aromatic rings. The second kappa shape index (κ2) is 18.3. The fourth-order valence-electron chi connectivity index (χ4n) is 6.37. The van der Waals surface area contributed by atoms with E-state index >= 15 is 0 Å². The Kier molecular flexibility index (Phi) is 13.3. The van der Waals surface area contributed by atoms with Crippen molar-refractivity contribution in [3.05, 3.63) is 71.3 Å². The van der Waals surface area contributed by atoms with Gasteiger partial charge in [-0.15, -0.1) is 0 Å². The van der Waals surface area contributed by atoms with Crippen molar-refractivity contribution in [2.24, 2.45) is 0 Å². The molecule has 0 bridgehead atoms. The van der Waals surface area contributed by atoms with Gasteiger partial charge in [-0.3, -0.25) is 9.59 Å². The van der Waals surface area contributed by atoms with E-state index < -0.39 is 36.5 Å². The van der Waals surface area contributed by atoms with E-state index in [2.05, 4.69) is 49.3 Å². The van der Waals surface area contributed by atoms with Gasteiger partial charge >= 0.3 is 12.2 Å². The highest BCUT2D eigenvalue weighted by Gasteiger charge is 2.40. The average Bonchev–Trinajstić information content (AvgIpc) is 4.03. The minimum Gasteiger partial charge on any atom is -0.453 e. The summed E-state index contributed by atoms with van der Waals surface area (Å²) in [6.45, 7) is 4.42. The van der Waals surface area contributed by atoms with Gasteiger partial charge in [0, 0.05) is 51.7 Å². The molecular weight excluding hydrogens is 696 g/mol. The third kappa shape index (κ3) is 9.38. The highest BCUT2D eigenvalue weighted by atomic mass is 16.6. The molecule has 4 heterocycles. The summed E-state index contributed by atoms with van der Waals surface area (Å²) in [5.41, 5.74) is 2.69. The number of aromatic nitrogens is 4. The molecule has 2 aliphatic heterocycles. The third-order valence-corrected chi connectivity index (χ3v) is 9.50. The van der Waals surface area contributed by atoms with Crippen LogP contribution < -0.4 is 10.6 Å². The fraction of sp³-hybridized carbons (Fsp3) is 0.474. The van der Waals surface area contributed by atoms with E-state index in [-0.39, 0.29) is 24.0 Å². The summed E-state index contributed by atoms with van der Waals surface area (Å²) in [5, 5.41) is 4.97. The number of benzene rings is 1. The van der Waals surface area contributed by atoms with Crippen LogP contribution in [-0.2, 0) is 28.5 Å². The molecule has 5 rings (SSSR count). The molecule has 0 aliphatic carbocycles. The van der Waals surface area contributed by atoms with Crippen LogP contribution in [-0.4, -0.2) is 119 Å². The fourth-order valence-corrected chi connectivity index (χ4v) is 6.37. The molecule has 0 unspecified atom stereocenters. The lowest BCUT2D eigenvalue weighted by Crippen LogP contribution is -2.54. The Bertz CT molecular complexity index is 1780. The normalized spacial score (nSPS) is 18.6. The first-order valence-corrected chi connectivity index (χ1v) is 17.7. The van der Waals surface area contributed by atoms with Gasteiger partial charge < -0.3 is 48.9 Å². The summed E-state index contributed by atoms with van der Waals surface area (Å²) in [7, 11) is 5.62. The maximum Gasteiger partial charge on any atom is 0.407 e. The Balaban J connectivity index is 1.21. The van der Waals surface area contributed by atoms with Crippen molar-refractivity contribution in [1.29, 1.82) is 0 Å². The predicted octanol–water partition coefficient (Wildman–Crippen LogP) is 2.71. The van der Waals surface area contributed by atoms with Gasteiger partial charge in [-0.25, -0.2) is 19.6 Å². The number of methoxy groups -OCH3 is 3. The first-order chi connectivity index (χ1) is 26.1. The lowest BCUT2D eigenvalue weighted by Gasteiger charge is -2.31. The van der Waals surface area contributed by atoms with Crippen molar-refractivity contribution >= 4 is 24.0 Å². The smallest absolute Gasteiger partial charge is 0.407 e. The number of aromatic amines is 1. The van der Waals surface area contributed by atoms with Gasteiger partial charge in [0.2, 0.25) is 12.0 Å². The largest absolute Gasteiger partial charge is 0.453 e. The van der Waals surface area contributed by atoms with Crippen LogP contribution in [0.1, 0.15) is 80.1 Å². The number of rotatable bonds is 10. The first-order valence-electron chi connectivity index (χ1n) is 17.7. The first kappa shape index (κ1) is 39.4. The molecule has 0 radical (unpaired) electrons. The SMILES string of the molecule is CNC(=O)O[C@H](C(=O)N1CCC[C@H]1c1ncc(C#Cc2ccc(C#Cc3cn([C@@H]4CCCN4C(=O)[C@@H](NC(=O)OC)[C@@H](C)OC)cn3)cc2)[nH]1)[C@@H](C)OC. The van der Waals surface area contributed by atoms with E-state index in [1.165, 1.54) is 28.4 Å². The monoisotopic (exact) mass is 742 g/mol. The Hall–Kier alpha value is -5.84. The van der Waals surface area contributed by atoms with Crippen LogP contribution in [0.3, 0.4) is 0 Å². The molecule has 2 fully saturated rings. The van der Waals surface area contributed by atoms with Crippen LogP contribution in [0.4, 0.5) is 9.59 Å². The van der Waals surface area contributed by atoms with Gasteiger partial charge in [-0.05, 0) is 75.6 Å². The molecular formula is C38H46N8O8. The molecule has 2 aromatic heterocycles. The van der Waals surface area contributed by atoms with Crippen molar-refractivity contribution in [1.82, 2.24) is 40.0 Å². The highest BCUT2D eigenvalue weighted by molar-refractivity contribution is 5.86. The van der Waals surface area contributed by atoms with Crippen molar-refractivity contribution in [2.75, 3.05) is 41.5 Å². The number of carbonyl (C=O) groups is 4. The zero-order chi connectivity index (χ0) is 38.8. The summed E-state index contributed by atoms with van der Waals surface area (Å²) in [6, 6.07) is 6.26. The van der Waals surface area contributed by atoms with Crippen molar-refractivity contribution < 1.29 is 38.1 Å². The highest BCUT2D eigenvalue weighted by Crippen LogP contribution is 2.32. The zero-order valence-corrected chi connectivity index (χ0v) is 31.3. The maximum atomic E-state index is 13.5. The topological polar surface area (TPSA) is 182 Å². The number of amides is 4. The summed E-state index contributed by atoms with van der Waals surface area (Å²) in [6.07, 6.45) is 4.11. The number of nitrogens with zero attached hydrogens (tertiary/aromatic N) is 5. The standard InChI is InChI=1S/C38H46N8O8/c1-24(51-4)32(43-38(50)53-6)35(47)46-20-8-10-31(46)44-22-29(41-23-44)18-16-27-13-11-26(12-14-27)15-17-28-21-40-34(42-28)30-9-7-19-45(30)36(48)33(25(2)52-5)54-37(49)39-3/h11-14,21-25,30-33H,7-10,19-20H2,1-6H3,(H,39,49)(H,40,42)(H,43,50)/t24-,25-,30+,31+,32+,33+/m1/s1. The van der Waals surface area contributed by atoms with E-state index in [1.54, 1.807) is 36.2 Å². The van der Waals surface area contributed by atoms with Gasteiger partial charge in [0.1, 0.15) is 35.5 Å². The van der Waals surface area contributed by atoms with Gasteiger partial charge in [0.15, 0.2) is 0 Å². The van der Waals surface area contributed by atoms with E-state index in [0.29, 0.717) is 36.7 Å². The molecule has 286 valence electrons. The van der Waals surface area contributed by atoms with Crippen LogP contribution in [0.2, 0.25) is 0 Å². The van der Waals surface area contributed by atoms with Crippen molar-refractivity contribution in [2.45, 2.75) is 76.1 Å². The maximum absolute atomic E-state index is 13.5. The molecule has 16 heteroatoms. The second-order valence-electron chi connectivity index (χ2n) is 12.9. The minimum atomic E-state index is -1.10. The number of nitrogens with one attached hydrogen (secondary N) is 3. The van der Waals surface area contributed by atoms with E-state index in [4.69, 9.17) is 18.9 Å². The van der Waals surface area contributed by atoms with Crippen molar-refractivity contribution in [3.8, 4) is 23.7 Å². The van der Waals surface area contributed by atoms with Gasteiger partial charge in [0.25, 0.3) is 5.91 Å². The van der Waals surface area contributed by atoms with Gasteiger partial charge in [-0.1, -0.05) is 11.8 Å². The Morgan fingerprint density at radius 1 is 0.852 bits per heavy atom. The second-order valence-corrected chi connectivity index (χ2v) is 12.9. The minimum absolute atomic E-state index is 0.265. The summed E-state index contributed by atoms with van der Waals surface area (Å²) < 4.78 is 22.6. The number of hydrogen-bond acceptors (Lipinski definition) is 10. The third-order valence-electron chi connectivity index (χ3n) is 9.50. The number of ether oxygens (including phenoxy) is 4. The summed E-state index contributed by atoms with van der Waals surface area (Å²) >= 11 is 0. The molecule has 4 amide bonds. The zero-order valence-electron chi connectivity index (χ0n) is 31.3. The van der Waals surface area contributed by atoms with Gasteiger partial charge in [-0.2, -0.15) is 0 Å². The van der Waals surface area contributed by atoms with E-state index in [9.17, 15) is 19.2 Å². The predicted molar refractivity (Wildman–Crippen MR) is 194 cm³/mol. The average molecular weight is 743 g/mol. The quantitative estimate of drug-likeness (QED) is 0.261. The molecule has 1 aromatic carbocycles. The van der Waals surface area contributed by atoms with Gasteiger partial charge in [0.05, 0.1) is 31.8 Å². The number of H-pyrrole nitrogens is 1. The molecule has 6 atom stereocenters. The number of alkyl carbamates (subject to hydrolysis) is 2. The summed E-state index contributed by atoms with van der Waals surface area (Å²) in [4.78, 5) is 66.4. The van der Waals surface area contributed by atoms with E-state index in [1.807, 2.05) is 35.0 Å². The Labute approximate surface area is 314 Å². The van der Waals surface area contributed by atoms with Crippen molar-refractivity contribution in [3.63, 3.8) is 0 Å². The molecule has 16 nitrogen and oxygen atoms in total. The molecule has 2 aliphatic rings. The Morgan fingerprint density at radius 3 is 2.19 bits per heavy atom. The molecule has 54 heavy (non-hydrogen) atoms. The number of imidazole rings is 2. The van der Waals surface area contributed by atoms with E-state index in [0.717, 1.165) is 30.4 Å². The lowest BCUT2D eigenvalue weighted by molar-refractivity contribution is -0.148. The van der Waals surface area contributed by atoms with Crippen LogP contribution in [0.15, 0.2) is 43.0 Å². The van der Waals surface area contributed by atoms with Crippen LogP contribution >= 0.6 is 0 Å². The molecule has 3 N–H and O–H groups in total. The number of carbonyl (C=O) groups excluding carboxylic acids is 4.